The molecule has 1 aliphatic heterocycles. The van der Waals surface area contributed by atoms with Crippen molar-refractivity contribution in [1.29, 1.82) is 0 Å². The molecule has 1 N–H and O–H groups in total. The molecule has 0 aliphatic carbocycles. The summed E-state index contributed by atoms with van der Waals surface area (Å²) in [6.45, 7) is 6.26. The van der Waals surface area contributed by atoms with Gasteiger partial charge in [-0.05, 0) is 61.5 Å². The van der Waals surface area contributed by atoms with Gasteiger partial charge < -0.3 is 5.32 Å². The van der Waals surface area contributed by atoms with Gasteiger partial charge in [-0.15, -0.1) is 11.3 Å². The summed E-state index contributed by atoms with van der Waals surface area (Å²) in [5.41, 5.74) is 3.47. The van der Waals surface area contributed by atoms with Crippen molar-refractivity contribution in [1.82, 2.24) is 15.1 Å². The summed E-state index contributed by atoms with van der Waals surface area (Å²) < 4.78 is 1.64. The van der Waals surface area contributed by atoms with Gasteiger partial charge in [0.1, 0.15) is 16.9 Å². The van der Waals surface area contributed by atoms with Gasteiger partial charge in [0.2, 0.25) is 5.91 Å². The molecule has 6 nitrogen and oxygen atoms in total. The van der Waals surface area contributed by atoms with Gasteiger partial charge in [-0.2, -0.15) is 5.10 Å². The summed E-state index contributed by atoms with van der Waals surface area (Å²) in [6, 6.07) is 19.2. The molecule has 3 heterocycles. The molecule has 0 radical (unpaired) electrons. The molecule has 1 aliphatic rings. The smallest absolute Gasteiger partial charge is 0.277 e. The van der Waals surface area contributed by atoms with E-state index in [0.717, 1.165) is 21.6 Å². The van der Waals surface area contributed by atoms with Gasteiger partial charge >= 0.3 is 0 Å². The van der Waals surface area contributed by atoms with Crippen molar-refractivity contribution in [2.75, 3.05) is 4.90 Å². The van der Waals surface area contributed by atoms with Crippen LogP contribution < -0.4 is 10.2 Å². The number of hydrogen-bond acceptors (Lipinski definition) is 4. The van der Waals surface area contributed by atoms with Gasteiger partial charge in [-0.1, -0.05) is 53.6 Å². The minimum absolute atomic E-state index is 0.198. The van der Waals surface area contributed by atoms with E-state index in [-0.39, 0.29) is 18.4 Å². The van der Waals surface area contributed by atoms with Crippen LogP contribution in [-0.2, 0) is 17.9 Å². The Hall–Kier alpha value is -3.42. The molecule has 2 aromatic carbocycles. The average molecular weight is 505 g/mol. The van der Waals surface area contributed by atoms with Crippen LogP contribution in [0.25, 0.3) is 10.6 Å². The van der Waals surface area contributed by atoms with Crippen molar-refractivity contribution in [2.45, 2.75) is 39.4 Å². The van der Waals surface area contributed by atoms with E-state index >= 15 is 0 Å². The molecule has 5 rings (SSSR count). The molecular weight excluding hydrogens is 480 g/mol. The lowest BCUT2D eigenvalue weighted by molar-refractivity contribution is -0.126. The van der Waals surface area contributed by atoms with Crippen LogP contribution in [0.5, 0.6) is 0 Å². The van der Waals surface area contributed by atoms with Gasteiger partial charge in [0.15, 0.2) is 0 Å². The molecule has 35 heavy (non-hydrogen) atoms. The van der Waals surface area contributed by atoms with Crippen molar-refractivity contribution >= 4 is 40.4 Å². The maximum atomic E-state index is 13.9. The fourth-order valence-corrected chi connectivity index (χ4v) is 5.49. The van der Waals surface area contributed by atoms with E-state index in [0.29, 0.717) is 28.6 Å². The van der Waals surface area contributed by atoms with Gasteiger partial charge in [0.05, 0.1) is 22.1 Å². The maximum Gasteiger partial charge on any atom is 0.277 e. The zero-order valence-electron chi connectivity index (χ0n) is 19.7. The molecule has 0 unspecified atom stereocenters. The molecule has 2 aromatic heterocycles. The van der Waals surface area contributed by atoms with Crippen LogP contribution in [0.2, 0.25) is 5.02 Å². The van der Waals surface area contributed by atoms with Crippen LogP contribution in [-0.4, -0.2) is 27.1 Å². The number of anilines is 1. The number of carbonyl (C=O) groups excluding carboxylic acids is 2. The number of aryl methyl sites for hydroxylation is 2. The van der Waals surface area contributed by atoms with E-state index in [9.17, 15) is 9.59 Å². The highest BCUT2D eigenvalue weighted by atomic mass is 35.5. The molecule has 8 heteroatoms. The van der Waals surface area contributed by atoms with Gasteiger partial charge in [0, 0.05) is 6.54 Å². The predicted octanol–water partition coefficient (Wildman–Crippen LogP) is 5.62. The van der Waals surface area contributed by atoms with Crippen LogP contribution in [0.4, 0.5) is 5.69 Å². The Morgan fingerprint density at radius 2 is 1.91 bits per heavy atom. The third-order valence-electron chi connectivity index (χ3n) is 6.30. The molecule has 0 saturated heterocycles. The third kappa shape index (κ3) is 4.26. The topological polar surface area (TPSA) is 67.2 Å². The highest BCUT2D eigenvalue weighted by Crippen LogP contribution is 2.38. The van der Waals surface area contributed by atoms with Crippen molar-refractivity contribution in [3.63, 3.8) is 0 Å². The summed E-state index contributed by atoms with van der Waals surface area (Å²) in [5.74, 6) is -0.590. The number of amides is 2. The van der Waals surface area contributed by atoms with Crippen molar-refractivity contribution < 1.29 is 9.59 Å². The molecule has 0 spiro atoms. The lowest BCUT2D eigenvalue weighted by atomic mass is 9.93. The lowest BCUT2D eigenvalue weighted by Crippen LogP contribution is -2.64. The predicted molar refractivity (Wildman–Crippen MR) is 140 cm³/mol. The fraction of sp³-hybridized carbons (Fsp3) is 0.222. The number of rotatable bonds is 5. The highest BCUT2D eigenvalue weighted by Gasteiger charge is 2.49. The molecule has 1 atom stereocenters. The van der Waals surface area contributed by atoms with Crippen LogP contribution in [0, 0.1) is 13.8 Å². The first-order valence-corrected chi connectivity index (χ1v) is 12.6. The number of benzene rings is 2. The van der Waals surface area contributed by atoms with Crippen molar-refractivity contribution in [3.8, 4) is 10.6 Å². The van der Waals surface area contributed by atoms with E-state index in [1.165, 1.54) is 4.90 Å². The first-order chi connectivity index (χ1) is 16.8. The Bertz CT molecular complexity index is 1430. The highest BCUT2D eigenvalue weighted by molar-refractivity contribution is 7.13. The normalized spacial score (nSPS) is 17.4. The third-order valence-corrected chi connectivity index (χ3v) is 7.49. The summed E-state index contributed by atoms with van der Waals surface area (Å²) >= 11 is 8.17. The van der Waals surface area contributed by atoms with E-state index in [2.05, 4.69) is 10.4 Å². The quantitative estimate of drug-likeness (QED) is 0.383. The Morgan fingerprint density at radius 3 is 2.63 bits per heavy atom. The molecule has 2 amide bonds. The summed E-state index contributed by atoms with van der Waals surface area (Å²) in [6.07, 6.45) is 0. The zero-order valence-corrected chi connectivity index (χ0v) is 21.3. The number of thiophene rings is 1. The molecule has 4 aromatic rings. The Kier molecular flexibility index (Phi) is 5.99. The number of halogens is 1. The minimum atomic E-state index is -1.24. The first-order valence-electron chi connectivity index (χ1n) is 11.3. The zero-order chi connectivity index (χ0) is 24.7. The fourth-order valence-electron chi connectivity index (χ4n) is 4.49. The molecular formula is C27H25ClN4O2S. The van der Waals surface area contributed by atoms with E-state index < -0.39 is 5.54 Å². The van der Waals surface area contributed by atoms with Gasteiger partial charge in [-0.3, -0.25) is 19.2 Å². The van der Waals surface area contributed by atoms with E-state index in [4.69, 9.17) is 11.6 Å². The van der Waals surface area contributed by atoms with Crippen LogP contribution in [0.15, 0.2) is 66.0 Å². The van der Waals surface area contributed by atoms with E-state index in [1.807, 2.05) is 61.7 Å². The monoisotopic (exact) mass is 504 g/mol. The number of hydrogen-bond donors (Lipinski definition) is 1. The second-order valence-corrected chi connectivity index (χ2v) is 10.4. The Balaban J connectivity index is 1.56. The Labute approximate surface area is 213 Å². The summed E-state index contributed by atoms with van der Waals surface area (Å²) in [5, 5.41) is 10.1. The number of fused-ring (bicyclic) bond motifs is 1. The van der Waals surface area contributed by atoms with E-state index in [1.54, 1.807) is 41.1 Å². The van der Waals surface area contributed by atoms with Gasteiger partial charge in [-0.25, -0.2) is 0 Å². The lowest BCUT2D eigenvalue weighted by Gasteiger charge is -2.43. The van der Waals surface area contributed by atoms with Crippen LogP contribution in [0.1, 0.15) is 34.1 Å². The van der Waals surface area contributed by atoms with Gasteiger partial charge in [0.25, 0.3) is 5.91 Å². The second-order valence-electron chi connectivity index (χ2n) is 9.09. The SMILES string of the molecule is Cc1cccc(CNC(=O)[C@@]2(C)Cn3nc(-c4cccs4)cc3C(=O)N2c2ccc(C)cc2Cl)c1. The molecule has 0 fully saturated rings. The maximum absolute atomic E-state index is 13.9. The number of nitrogens with one attached hydrogen (secondary N) is 1. The van der Waals surface area contributed by atoms with Crippen LogP contribution in [0.3, 0.4) is 0 Å². The number of nitrogens with zero attached hydrogens (tertiary/aromatic N) is 3. The van der Waals surface area contributed by atoms with Crippen molar-refractivity contribution in [2.24, 2.45) is 0 Å². The Morgan fingerprint density at radius 1 is 1.11 bits per heavy atom. The molecule has 178 valence electrons. The number of carbonyl (C=O) groups is 2. The first kappa shape index (κ1) is 23.3. The van der Waals surface area contributed by atoms with Crippen molar-refractivity contribution in [3.05, 3.63) is 93.5 Å². The summed E-state index contributed by atoms with van der Waals surface area (Å²) in [4.78, 5) is 30.1. The van der Waals surface area contributed by atoms with Crippen LogP contribution >= 0.6 is 22.9 Å². The second kappa shape index (κ2) is 8.98. The average Bonchev–Trinajstić information content (AvgIpc) is 3.49. The number of aromatic nitrogens is 2. The minimum Gasteiger partial charge on any atom is -0.350 e. The molecule has 0 saturated carbocycles. The largest absolute Gasteiger partial charge is 0.350 e. The standard InChI is InChI=1S/C27H25ClN4O2S/c1-17-6-4-7-19(12-17)15-29-26(34)27(3)16-31-23(14-21(30-31)24-8-5-11-35-24)25(33)32(27)22-10-9-18(2)13-20(22)28/h4-14H,15-16H2,1-3H3,(H,29,34)/t27-/m1/s1. The molecule has 0 bridgehead atoms. The summed E-state index contributed by atoms with van der Waals surface area (Å²) in [7, 11) is 0.